The molecule has 1 heterocycles. The molecule has 0 spiro atoms. The summed E-state index contributed by atoms with van der Waals surface area (Å²) in [5.41, 5.74) is 4.29. The third kappa shape index (κ3) is 3.30. The lowest BCUT2D eigenvalue weighted by atomic mass is 10.0. The molecule has 2 nitrogen and oxygen atoms in total. The predicted octanol–water partition coefficient (Wildman–Crippen LogP) is 2.44. The van der Waals surface area contributed by atoms with E-state index in [4.69, 9.17) is 0 Å². The Hall–Kier alpha value is -0.860. The highest BCUT2D eigenvalue weighted by molar-refractivity contribution is 5.30. The smallest absolute Gasteiger partial charge is 0.0237 e. The lowest BCUT2D eigenvalue weighted by Crippen LogP contribution is -2.45. The minimum Gasteiger partial charge on any atom is -0.301 e. The molecule has 2 rings (SSSR count). The standard InChI is InChI=1S/C15H24N2/c1-4-16-7-9-17(10-8-16)12-15-11-13(2)5-6-14(15)3/h5-6,11H,4,7-10,12H2,1-3H3. The largest absolute Gasteiger partial charge is 0.301 e. The number of hydrogen-bond donors (Lipinski definition) is 0. The Morgan fingerprint density at radius 3 is 2.29 bits per heavy atom. The van der Waals surface area contributed by atoms with Crippen LogP contribution in [0.25, 0.3) is 0 Å². The molecule has 94 valence electrons. The quantitative estimate of drug-likeness (QED) is 0.790. The molecule has 0 bridgehead atoms. The van der Waals surface area contributed by atoms with Gasteiger partial charge >= 0.3 is 0 Å². The summed E-state index contributed by atoms with van der Waals surface area (Å²) in [7, 11) is 0. The maximum absolute atomic E-state index is 2.58. The Labute approximate surface area is 105 Å². The molecule has 0 amide bonds. The van der Waals surface area contributed by atoms with Crippen molar-refractivity contribution in [3.63, 3.8) is 0 Å². The molecular formula is C15H24N2. The van der Waals surface area contributed by atoms with E-state index in [0.717, 1.165) is 6.54 Å². The number of likely N-dealkylation sites (N-methyl/N-ethyl adjacent to an activating group) is 1. The molecule has 0 unspecified atom stereocenters. The van der Waals surface area contributed by atoms with Gasteiger partial charge in [-0.05, 0) is 31.5 Å². The zero-order valence-electron chi connectivity index (χ0n) is 11.4. The van der Waals surface area contributed by atoms with Crippen molar-refractivity contribution < 1.29 is 0 Å². The van der Waals surface area contributed by atoms with Gasteiger partial charge in [0.1, 0.15) is 0 Å². The van der Waals surface area contributed by atoms with E-state index in [1.807, 2.05) is 0 Å². The molecule has 1 aliphatic rings. The molecule has 0 saturated carbocycles. The maximum Gasteiger partial charge on any atom is 0.0237 e. The molecule has 1 aromatic carbocycles. The summed E-state index contributed by atoms with van der Waals surface area (Å²) < 4.78 is 0. The van der Waals surface area contributed by atoms with Crippen molar-refractivity contribution in [2.45, 2.75) is 27.3 Å². The second-order valence-corrected chi connectivity index (χ2v) is 5.14. The van der Waals surface area contributed by atoms with Gasteiger partial charge < -0.3 is 4.90 Å². The molecule has 17 heavy (non-hydrogen) atoms. The van der Waals surface area contributed by atoms with Gasteiger partial charge in [-0.1, -0.05) is 30.7 Å². The molecule has 0 aliphatic carbocycles. The second kappa shape index (κ2) is 5.65. The highest BCUT2D eigenvalue weighted by Crippen LogP contribution is 2.14. The van der Waals surface area contributed by atoms with Crippen LogP contribution in [0.2, 0.25) is 0 Å². The van der Waals surface area contributed by atoms with Crippen LogP contribution in [0.15, 0.2) is 18.2 Å². The van der Waals surface area contributed by atoms with E-state index in [1.54, 1.807) is 0 Å². The van der Waals surface area contributed by atoms with Gasteiger partial charge in [-0.25, -0.2) is 0 Å². The minimum atomic E-state index is 1.12. The van der Waals surface area contributed by atoms with Crippen molar-refractivity contribution in [3.8, 4) is 0 Å². The number of benzene rings is 1. The van der Waals surface area contributed by atoms with Gasteiger partial charge in [-0.3, -0.25) is 4.90 Å². The Balaban J connectivity index is 1.95. The maximum atomic E-state index is 2.58. The van der Waals surface area contributed by atoms with Crippen LogP contribution in [0.3, 0.4) is 0 Å². The van der Waals surface area contributed by atoms with E-state index in [9.17, 15) is 0 Å². The predicted molar refractivity (Wildman–Crippen MR) is 73.3 cm³/mol. The molecule has 1 aromatic rings. The average Bonchev–Trinajstić information content (AvgIpc) is 2.35. The molecule has 0 N–H and O–H groups in total. The summed E-state index contributed by atoms with van der Waals surface area (Å²) in [6.45, 7) is 13.8. The number of nitrogens with zero attached hydrogens (tertiary/aromatic N) is 2. The third-order valence-electron chi connectivity index (χ3n) is 3.81. The zero-order valence-corrected chi connectivity index (χ0v) is 11.4. The molecule has 0 aromatic heterocycles. The molecule has 1 fully saturated rings. The monoisotopic (exact) mass is 232 g/mol. The van der Waals surface area contributed by atoms with E-state index in [1.165, 1.54) is 49.4 Å². The summed E-state index contributed by atoms with van der Waals surface area (Å²) >= 11 is 0. The Bertz CT molecular complexity index is 365. The molecule has 1 saturated heterocycles. The van der Waals surface area contributed by atoms with Crippen LogP contribution in [0.1, 0.15) is 23.6 Å². The normalized spacial score (nSPS) is 18.5. The van der Waals surface area contributed by atoms with Crippen LogP contribution >= 0.6 is 0 Å². The Morgan fingerprint density at radius 2 is 1.65 bits per heavy atom. The first-order chi connectivity index (χ1) is 8.19. The van der Waals surface area contributed by atoms with E-state index in [0.29, 0.717) is 0 Å². The summed E-state index contributed by atoms with van der Waals surface area (Å²) in [4.78, 5) is 5.10. The van der Waals surface area contributed by atoms with Gasteiger partial charge in [0, 0.05) is 32.7 Å². The number of hydrogen-bond acceptors (Lipinski definition) is 2. The highest BCUT2D eigenvalue weighted by Gasteiger charge is 2.15. The van der Waals surface area contributed by atoms with Crippen LogP contribution in [0.4, 0.5) is 0 Å². The lowest BCUT2D eigenvalue weighted by molar-refractivity contribution is 0.132. The average molecular weight is 232 g/mol. The van der Waals surface area contributed by atoms with Crippen LogP contribution in [-0.2, 0) is 6.54 Å². The zero-order chi connectivity index (χ0) is 12.3. The SMILES string of the molecule is CCN1CCN(Cc2cc(C)ccc2C)CC1. The van der Waals surface area contributed by atoms with Gasteiger partial charge in [0.05, 0.1) is 0 Å². The summed E-state index contributed by atoms with van der Waals surface area (Å²) in [5, 5.41) is 0. The van der Waals surface area contributed by atoms with Gasteiger partial charge in [-0.15, -0.1) is 0 Å². The van der Waals surface area contributed by atoms with Crippen LogP contribution in [0, 0.1) is 13.8 Å². The Kier molecular flexibility index (Phi) is 4.19. The van der Waals surface area contributed by atoms with Crippen molar-refractivity contribution in [2.24, 2.45) is 0 Å². The third-order valence-corrected chi connectivity index (χ3v) is 3.81. The summed E-state index contributed by atoms with van der Waals surface area (Å²) in [5.74, 6) is 0. The van der Waals surface area contributed by atoms with Crippen LogP contribution < -0.4 is 0 Å². The molecule has 0 radical (unpaired) electrons. The van der Waals surface area contributed by atoms with E-state index in [2.05, 4.69) is 48.8 Å². The van der Waals surface area contributed by atoms with E-state index < -0.39 is 0 Å². The van der Waals surface area contributed by atoms with Crippen molar-refractivity contribution in [1.29, 1.82) is 0 Å². The molecule has 1 aliphatic heterocycles. The van der Waals surface area contributed by atoms with Crippen molar-refractivity contribution in [2.75, 3.05) is 32.7 Å². The van der Waals surface area contributed by atoms with E-state index in [-0.39, 0.29) is 0 Å². The first-order valence-electron chi connectivity index (χ1n) is 6.70. The van der Waals surface area contributed by atoms with Crippen molar-refractivity contribution in [3.05, 3.63) is 34.9 Å². The highest BCUT2D eigenvalue weighted by atomic mass is 15.3. The van der Waals surface area contributed by atoms with Crippen molar-refractivity contribution >= 4 is 0 Å². The van der Waals surface area contributed by atoms with Gasteiger partial charge in [0.15, 0.2) is 0 Å². The first-order valence-corrected chi connectivity index (χ1v) is 6.70. The van der Waals surface area contributed by atoms with Crippen LogP contribution in [0.5, 0.6) is 0 Å². The second-order valence-electron chi connectivity index (χ2n) is 5.14. The summed E-state index contributed by atoms with van der Waals surface area (Å²) in [6.07, 6.45) is 0. The number of piperazine rings is 1. The fraction of sp³-hybridized carbons (Fsp3) is 0.600. The van der Waals surface area contributed by atoms with Gasteiger partial charge in [-0.2, -0.15) is 0 Å². The fourth-order valence-corrected chi connectivity index (χ4v) is 2.48. The molecular weight excluding hydrogens is 208 g/mol. The van der Waals surface area contributed by atoms with Gasteiger partial charge in [0.2, 0.25) is 0 Å². The summed E-state index contributed by atoms with van der Waals surface area (Å²) in [6, 6.07) is 6.78. The van der Waals surface area contributed by atoms with E-state index >= 15 is 0 Å². The van der Waals surface area contributed by atoms with Crippen LogP contribution in [-0.4, -0.2) is 42.5 Å². The molecule has 0 atom stereocenters. The molecule has 2 heteroatoms. The number of rotatable bonds is 3. The first kappa shape index (κ1) is 12.6. The minimum absolute atomic E-state index is 1.12. The topological polar surface area (TPSA) is 6.48 Å². The van der Waals surface area contributed by atoms with Crippen molar-refractivity contribution in [1.82, 2.24) is 9.80 Å². The number of aryl methyl sites for hydroxylation is 2. The fourth-order valence-electron chi connectivity index (χ4n) is 2.48. The Morgan fingerprint density at radius 1 is 1.00 bits per heavy atom. The lowest BCUT2D eigenvalue weighted by Gasteiger charge is -2.34. The van der Waals surface area contributed by atoms with Gasteiger partial charge in [0.25, 0.3) is 0 Å².